The molecule has 0 unspecified atom stereocenters. The first-order valence-electron chi connectivity index (χ1n) is 4.10. The number of hydrogen-bond donors (Lipinski definition) is 0. The zero-order valence-electron chi connectivity index (χ0n) is 8.44. The first-order valence-corrected chi connectivity index (χ1v) is 6.79. The molecule has 0 aliphatic heterocycles. The largest absolute Gasteiger partial charge is 0.573 e. The van der Waals surface area contributed by atoms with E-state index in [2.05, 4.69) is 4.74 Å². The Balaban J connectivity index is 3.53. The van der Waals surface area contributed by atoms with Gasteiger partial charge in [-0.3, -0.25) is 10.1 Å². The number of nitro benzene ring substituents is 1. The zero-order chi connectivity index (χ0) is 15.0. The highest BCUT2D eigenvalue weighted by atomic mass is 35.7. The Kier molecular flexibility index (Phi) is 4.17. The molecule has 0 heterocycles. The molecule has 0 saturated carbocycles. The summed E-state index contributed by atoms with van der Waals surface area (Å²) in [5.74, 6) is -1.32. The number of alkyl halides is 3. The van der Waals surface area contributed by atoms with E-state index in [0.29, 0.717) is 12.1 Å². The van der Waals surface area contributed by atoms with Crippen molar-refractivity contribution < 1.29 is 31.2 Å². The molecule has 0 amide bonds. The highest BCUT2D eigenvalue weighted by molar-refractivity contribution is 8.13. The average Bonchev–Trinajstić information content (AvgIpc) is 2.16. The third-order valence-corrected chi connectivity index (χ3v) is 3.31. The van der Waals surface area contributed by atoms with E-state index >= 15 is 0 Å². The fourth-order valence-corrected chi connectivity index (χ4v) is 2.14. The summed E-state index contributed by atoms with van der Waals surface area (Å²) in [5.41, 5.74) is -1.27. The first-order chi connectivity index (χ1) is 8.42. The van der Waals surface area contributed by atoms with Gasteiger partial charge in [0, 0.05) is 16.7 Å². The van der Waals surface area contributed by atoms with E-state index in [4.69, 9.17) is 22.3 Å². The van der Waals surface area contributed by atoms with Gasteiger partial charge in [0.15, 0.2) is 0 Å². The van der Waals surface area contributed by atoms with Crippen LogP contribution in [0.3, 0.4) is 0 Å². The molecule has 0 N–H and O–H groups in total. The van der Waals surface area contributed by atoms with E-state index in [9.17, 15) is 31.7 Å². The van der Waals surface area contributed by atoms with Gasteiger partial charge in [0.25, 0.3) is 9.05 Å². The molecule has 0 aromatic heterocycles. The molecule has 0 spiro atoms. The maximum atomic E-state index is 12.1. The Morgan fingerprint density at radius 2 is 1.84 bits per heavy atom. The SMILES string of the molecule is O=[N+]([O-])c1cc(S(=O)(=O)Cl)cc(Cl)c1OC(F)(F)F. The van der Waals surface area contributed by atoms with Crippen LogP contribution in [0.5, 0.6) is 5.75 Å². The fraction of sp³-hybridized carbons (Fsp3) is 0.143. The van der Waals surface area contributed by atoms with Crippen molar-refractivity contribution in [3.05, 3.63) is 27.3 Å². The second-order valence-corrected chi connectivity index (χ2v) is 5.97. The van der Waals surface area contributed by atoms with Crippen molar-refractivity contribution in [3.63, 3.8) is 0 Å². The summed E-state index contributed by atoms with van der Waals surface area (Å²) in [5, 5.41) is 9.69. The van der Waals surface area contributed by atoms with Crippen LogP contribution >= 0.6 is 22.3 Å². The molecule has 12 heteroatoms. The first kappa shape index (κ1) is 15.8. The molecule has 0 bridgehead atoms. The minimum absolute atomic E-state index is 0.315. The van der Waals surface area contributed by atoms with E-state index in [0.717, 1.165) is 0 Å². The van der Waals surface area contributed by atoms with Gasteiger partial charge in [-0.2, -0.15) is 0 Å². The van der Waals surface area contributed by atoms with Crippen LogP contribution in [0.25, 0.3) is 0 Å². The molecular weight excluding hydrogens is 338 g/mol. The number of nitro groups is 1. The summed E-state index contributed by atoms with van der Waals surface area (Å²) < 4.78 is 61.5. The topological polar surface area (TPSA) is 86.5 Å². The number of nitrogens with zero attached hydrogens (tertiary/aromatic N) is 1. The number of rotatable bonds is 3. The number of hydrogen-bond acceptors (Lipinski definition) is 5. The quantitative estimate of drug-likeness (QED) is 0.479. The molecular formula is C7H2Cl2F3NO5S. The molecule has 0 saturated heterocycles. The lowest BCUT2D eigenvalue weighted by molar-refractivity contribution is -0.388. The number of benzene rings is 1. The molecule has 0 radical (unpaired) electrons. The summed E-state index contributed by atoms with van der Waals surface area (Å²) in [6.07, 6.45) is -5.23. The van der Waals surface area contributed by atoms with Gasteiger partial charge in [0.1, 0.15) is 0 Å². The van der Waals surface area contributed by atoms with Crippen molar-refractivity contribution in [2.75, 3.05) is 0 Å². The van der Waals surface area contributed by atoms with Crippen LogP contribution in [0.4, 0.5) is 18.9 Å². The van der Waals surface area contributed by atoms with E-state index in [-0.39, 0.29) is 0 Å². The lowest BCUT2D eigenvalue weighted by Crippen LogP contribution is -2.18. The van der Waals surface area contributed by atoms with Crippen molar-refractivity contribution in [2.24, 2.45) is 0 Å². The predicted octanol–water partition coefficient (Wildman–Crippen LogP) is 3.07. The monoisotopic (exact) mass is 339 g/mol. The molecule has 1 aromatic rings. The molecule has 19 heavy (non-hydrogen) atoms. The van der Waals surface area contributed by atoms with Crippen molar-refractivity contribution in [2.45, 2.75) is 11.3 Å². The minimum Gasteiger partial charge on any atom is -0.397 e. The molecule has 1 rings (SSSR count). The van der Waals surface area contributed by atoms with Gasteiger partial charge < -0.3 is 4.74 Å². The van der Waals surface area contributed by atoms with Crippen LogP contribution in [0.15, 0.2) is 17.0 Å². The summed E-state index contributed by atoms with van der Waals surface area (Å²) in [4.78, 5) is 8.50. The van der Waals surface area contributed by atoms with Gasteiger partial charge >= 0.3 is 12.0 Å². The van der Waals surface area contributed by atoms with Crippen molar-refractivity contribution in [3.8, 4) is 5.75 Å². The molecule has 0 atom stereocenters. The Morgan fingerprint density at radius 3 is 2.21 bits per heavy atom. The third-order valence-electron chi connectivity index (χ3n) is 1.69. The standard InChI is InChI=1S/C7H2Cl2F3NO5S/c8-4-1-3(19(9,16)17)2-5(13(14)15)6(4)18-7(10,11)12/h1-2H. The van der Waals surface area contributed by atoms with Crippen molar-refractivity contribution in [1.82, 2.24) is 0 Å². The molecule has 0 aliphatic carbocycles. The van der Waals surface area contributed by atoms with Crippen LogP contribution in [0.1, 0.15) is 0 Å². The maximum Gasteiger partial charge on any atom is 0.573 e. The Morgan fingerprint density at radius 1 is 1.32 bits per heavy atom. The second kappa shape index (κ2) is 5.02. The van der Waals surface area contributed by atoms with E-state index in [1.807, 2.05) is 0 Å². The van der Waals surface area contributed by atoms with Gasteiger partial charge in [-0.15, -0.1) is 13.2 Å². The van der Waals surface area contributed by atoms with Crippen LogP contribution in [0, 0.1) is 10.1 Å². The second-order valence-electron chi connectivity index (χ2n) is 3.00. The van der Waals surface area contributed by atoms with Crippen LogP contribution in [-0.4, -0.2) is 19.7 Å². The van der Waals surface area contributed by atoms with Crippen LogP contribution < -0.4 is 4.74 Å². The van der Waals surface area contributed by atoms with Crippen molar-refractivity contribution in [1.29, 1.82) is 0 Å². The minimum atomic E-state index is -5.23. The average molecular weight is 340 g/mol. The van der Waals surface area contributed by atoms with E-state index in [1.54, 1.807) is 0 Å². The molecule has 0 aliphatic rings. The smallest absolute Gasteiger partial charge is 0.397 e. The predicted molar refractivity (Wildman–Crippen MR) is 57.8 cm³/mol. The highest BCUT2D eigenvalue weighted by Gasteiger charge is 2.36. The maximum absolute atomic E-state index is 12.1. The Hall–Kier alpha value is -1.26. The van der Waals surface area contributed by atoms with E-state index in [1.165, 1.54) is 0 Å². The molecule has 106 valence electrons. The Bertz CT molecular complexity index is 630. The fourth-order valence-electron chi connectivity index (χ4n) is 1.05. The summed E-state index contributed by atoms with van der Waals surface area (Å²) in [7, 11) is 0.525. The number of halogens is 5. The summed E-state index contributed by atoms with van der Waals surface area (Å²) in [6, 6.07) is 0.827. The van der Waals surface area contributed by atoms with Gasteiger partial charge in [-0.1, -0.05) is 11.6 Å². The van der Waals surface area contributed by atoms with E-state index < -0.39 is 41.7 Å². The number of ether oxygens (including phenoxy) is 1. The lowest BCUT2D eigenvalue weighted by atomic mass is 10.3. The van der Waals surface area contributed by atoms with Crippen molar-refractivity contribution >= 4 is 37.0 Å². The van der Waals surface area contributed by atoms with Gasteiger partial charge in [-0.25, -0.2) is 8.42 Å². The highest BCUT2D eigenvalue weighted by Crippen LogP contribution is 2.40. The summed E-state index contributed by atoms with van der Waals surface area (Å²) in [6.45, 7) is 0. The Labute approximate surface area is 113 Å². The lowest BCUT2D eigenvalue weighted by Gasteiger charge is -2.11. The molecule has 0 fully saturated rings. The summed E-state index contributed by atoms with van der Waals surface area (Å²) >= 11 is 5.34. The van der Waals surface area contributed by atoms with Gasteiger partial charge in [0.2, 0.25) is 5.75 Å². The third kappa shape index (κ3) is 4.11. The van der Waals surface area contributed by atoms with Gasteiger partial charge in [-0.05, 0) is 6.07 Å². The molecule has 1 aromatic carbocycles. The van der Waals surface area contributed by atoms with Crippen LogP contribution in [-0.2, 0) is 9.05 Å². The van der Waals surface area contributed by atoms with Gasteiger partial charge in [0.05, 0.1) is 14.8 Å². The normalized spacial score (nSPS) is 12.3. The zero-order valence-corrected chi connectivity index (χ0v) is 10.8. The van der Waals surface area contributed by atoms with Crippen LogP contribution in [0.2, 0.25) is 5.02 Å². The molecule has 6 nitrogen and oxygen atoms in total.